The summed E-state index contributed by atoms with van der Waals surface area (Å²) in [6, 6.07) is 3.96. The number of hydrogen-bond donors (Lipinski definition) is 1. The maximum absolute atomic E-state index is 6.02. The zero-order valence-corrected chi connectivity index (χ0v) is 9.82. The normalized spacial score (nSPS) is 28.4. The van der Waals surface area contributed by atoms with Crippen LogP contribution in [0.15, 0.2) is 12.1 Å². The average Bonchev–Trinajstić information content (AvgIpc) is 2.81. The van der Waals surface area contributed by atoms with Crippen molar-refractivity contribution < 1.29 is 0 Å². The van der Waals surface area contributed by atoms with E-state index < -0.39 is 0 Å². The van der Waals surface area contributed by atoms with Crippen molar-refractivity contribution in [1.29, 1.82) is 0 Å². The number of aryl methyl sites for hydroxylation is 1. The van der Waals surface area contributed by atoms with E-state index in [1.165, 1.54) is 19.3 Å². The van der Waals surface area contributed by atoms with Gasteiger partial charge in [0.15, 0.2) is 5.82 Å². The van der Waals surface area contributed by atoms with Crippen LogP contribution >= 0.6 is 0 Å². The fraction of sp³-hybridized carbons (Fsp3) is 0.615. The molecule has 1 saturated carbocycles. The standard InChI is InChI=1S/C13H19N3/c1-9-5-6-12(14)13(15-9)16-7-10-3-2-4-11(10)8-16/h5-6,10-11H,2-4,7-8,14H2,1H3. The van der Waals surface area contributed by atoms with Crippen molar-refractivity contribution in [2.24, 2.45) is 11.8 Å². The van der Waals surface area contributed by atoms with Gasteiger partial charge < -0.3 is 10.6 Å². The topological polar surface area (TPSA) is 42.1 Å². The molecule has 1 aliphatic heterocycles. The molecule has 86 valence electrons. The van der Waals surface area contributed by atoms with E-state index in [0.717, 1.165) is 42.1 Å². The molecule has 3 nitrogen and oxygen atoms in total. The molecular formula is C13H19N3. The van der Waals surface area contributed by atoms with Gasteiger partial charge in [0.25, 0.3) is 0 Å². The molecule has 2 unspecified atom stereocenters. The van der Waals surface area contributed by atoms with Gasteiger partial charge in [-0.1, -0.05) is 6.42 Å². The predicted molar refractivity (Wildman–Crippen MR) is 66.4 cm³/mol. The summed E-state index contributed by atoms with van der Waals surface area (Å²) < 4.78 is 0. The van der Waals surface area contributed by atoms with E-state index in [4.69, 9.17) is 5.73 Å². The minimum atomic E-state index is 0.825. The van der Waals surface area contributed by atoms with Gasteiger partial charge in [0.2, 0.25) is 0 Å². The van der Waals surface area contributed by atoms with Crippen molar-refractivity contribution in [2.45, 2.75) is 26.2 Å². The summed E-state index contributed by atoms with van der Waals surface area (Å²) in [7, 11) is 0. The highest BCUT2D eigenvalue weighted by molar-refractivity contribution is 5.63. The van der Waals surface area contributed by atoms with Gasteiger partial charge in [-0.15, -0.1) is 0 Å². The van der Waals surface area contributed by atoms with Gasteiger partial charge in [-0.05, 0) is 43.7 Å². The highest BCUT2D eigenvalue weighted by Gasteiger charge is 2.36. The molecule has 0 aromatic carbocycles. The van der Waals surface area contributed by atoms with Gasteiger partial charge in [0, 0.05) is 18.8 Å². The second-order valence-electron chi connectivity index (χ2n) is 5.22. The van der Waals surface area contributed by atoms with Crippen LogP contribution < -0.4 is 10.6 Å². The lowest BCUT2D eigenvalue weighted by Crippen LogP contribution is -2.23. The molecule has 1 saturated heterocycles. The Morgan fingerprint density at radius 3 is 2.62 bits per heavy atom. The summed E-state index contributed by atoms with van der Waals surface area (Å²) in [5.74, 6) is 2.79. The lowest BCUT2D eigenvalue weighted by Gasteiger charge is -2.20. The van der Waals surface area contributed by atoms with E-state index in [-0.39, 0.29) is 0 Å². The Morgan fingerprint density at radius 2 is 1.94 bits per heavy atom. The SMILES string of the molecule is Cc1ccc(N)c(N2CC3CCCC3C2)n1. The van der Waals surface area contributed by atoms with Crippen molar-refractivity contribution in [1.82, 2.24) is 4.98 Å². The van der Waals surface area contributed by atoms with E-state index in [1.807, 2.05) is 19.1 Å². The fourth-order valence-electron chi connectivity index (χ4n) is 3.22. The monoisotopic (exact) mass is 217 g/mol. The summed E-state index contributed by atoms with van der Waals surface area (Å²) in [5.41, 5.74) is 7.90. The molecule has 0 spiro atoms. The maximum atomic E-state index is 6.02. The number of anilines is 2. The third kappa shape index (κ3) is 1.55. The first-order chi connectivity index (χ1) is 7.74. The van der Waals surface area contributed by atoms with Crippen molar-refractivity contribution >= 4 is 11.5 Å². The smallest absolute Gasteiger partial charge is 0.152 e. The maximum Gasteiger partial charge on any atom is 0.152 e. The highest BCUT2D eigenvalue weighted by atomic mass is 15.2. The molecule has 0 bridgehead atoms. The Labute approximate surface area is 96.7 Å². The number of nitrogen functional groups attached to an aromatic ring is 1. The molecule has 16 heavy (non-hydrogen) atoms. The first-order valence-corrected chi connectivity index (χ1v) is 6.22. The zero-order valence-electron chi connectivity index (χ0n) is 9.82. The van der Waals surface area contributed by atoms with Crippen LogP contribution in [0.1, 0.15) is 25.0 Å². The Kier molecular flexibility index (Phi) is 2.27. The summed E-state index contributed by atoms with van der Waals surface area (Å²) in [6.45, 7) is 4.34. The number of fused-ring (bicyclic) bond motifs is 1. The highest BCUT2D eigenvalue weighted by Crippen LogP contribution is 2.40. The van der Waals surface area contributed by atoms with Crippen LogP contribution in [0.2, 0.25) is 0 Å². The molecule has 3 heteroatoms. The lowest BCUT2D eigenvalue weighted by molar-refractivity contribution is 0.494. The second-order valence-corrected chi connectivity index (χ2v) is 5.22. The van der Waals surface area contributed by atoms with Gasteiger partial charge in [-0.25, -0.2) is 4.98 Å². The van der Waals surface area contributed by atoms with Gasteiger partial charge in [0.05, 0.1) is 5.69 Å². The Morgan fingerprint density at radius 1 is 1.25 bits per heavy atom. The van der Waals surface area contributed by atoms with Crippen LogP contribution in [-0.2, 0) is 0 Å². The molecule has 2 atom stereocenters. The summed E-state index contributed by atoms with van der Waals surface area (Å²) in [6.07, 6.45) is 4.21. The third-order valence-corrected chi connectivity index (χ3v) is 4.07. The molecule has 2 fully saturated rings. The van der Waals surface area contributed by atoms with E-state index in [0.29, 0.717) is 0 Å². The molecule has 0 radical (unpaired) electrons. The van der Waals surface area contributed by atoms with Crippen LogP contribution in [0.4, 0.5) is 11.5 Å². The molecule has 1 aromatic rings. The van der Waals surface area contributed by atoms with Crippen LogP contribution in [0.3, 0.4) is 0 Å². The van der Waals surface area contributed by atoms with Crippen LogP contribution in [-0.4, -0.2) is 18.1 Å². The Balaban J connectivity index is 1.85. The zero-order chi connectivity index (χ0) is 11.1. The Hall–Kier alpha value is -1.25. The van der Waals surface area contributed by atoms with Crippen molar-refractivity contribution in [3.05, 3.63) is 17.8 Å². The lowest BCUT2D eigenvalue weighted by atomic mass is 10.0. The largest absolute Gasteiger partial charge is 0.396 e. The number of rotatable bonds is 1. The molecule has 3 rings (SSSR count). The number of hydrogen-bond acceptors (Lipinski definition) is 3. The van der Waals surface area contributed by atoms with Gasteiger partial charge in [-0.2, -0.15) is 0 Å². The molecular weight excluding hydrogens is 198 g/mol. The summed E-state index contributed by atoms with van der Waals surface area (Å²) in [5, 5.41) is 0. The summed E-state index contributed by atoms with van der Waals surface area (Å²) >= 11 is 0. The minimum absolute atomic E-state index is 0.825. The van der Waals surface area contributed by atoms with Crippen molar-refractivity contribution in [3.8, 4) is 0 Å². The van der Waals surface area contributed by atoms with E-state index in [9.17, 15) is 0 Å². The predicted octanol–water partition coefficient (Wildman–Crippen LogP) is 2.21. The molecule has 2 heterocycles. The van der Waals surface area contributed by atoms with E-state index in [2.05, 4.69) is 9.88 Å². The first kappa shape index (κ1) is 9.94. The number of pyridine rings is 1. The molecule has 1 aliphatic carbocycles. The average molecular weight is 217 g/mol. The van der Waals surface area contributed by atoms with Gasteiger partial charge in [0.1, 0.15) is 0 Å². The number of nitrogens with zero attached hydrogens (tertiary/aromatic N) is 2. The minimum Gasteiger partial charge on any atom is -0.396 e. The molecule has 0 amide bonds. The first-order valence-electron chi connectivity index (χ1n) is 6.22. The number of aromatic nitrogens is 1. The molecule has 2 N–H and O–H groups in total. The van der Waals surface area contributed by atoms with E-state index in [1.54, 1.807) is 0 Å². The van der Waals surface area contributed by atoms with Crippen LogP contribution in [0, 0.1) is 18.8 Å². The fourth-order valence-corrected chi connectivity index (χ4v) is 3.22. The van der Waals surface area contributed by atoms with Crippen molar-refractivity contribution in [2.75, 3.05) is 23.7 Å². The molecule has 1 aromatic heterocycles. The van der Waals surface area contributed by atoms with Crippen LogP contribution in [0.25, 0.3) is 0 Å². The Bertz CT molecular complexity index is 390. The van der Waals surface area contributed by atoms with E-state index >= 15 is 0 Å². The van der Waals surface area contributed by atoms with Gasteiger partial charge in [-0.3, -0.25) is 0 Å². The summed E-state index contributed by atoms with van der Waals surface area (Å²) in [4.78, 5) is 6.97. The quantitative estimate of drug-likeness (QED) is 0.784. The third-order valence-electron chi connectivity index (χ3n) is 4.07. The second kappa shape index (κ2) is 3.65. The number of nitrogens with two attached hydrogens (primary N) is 1. The van der Waals surface area contributed by atoms with Gasteiger partial charge >= 0.3 is 0 Å². The molecule has 2 aliphatic rings. The van der Waals surface area contributed by atoms with Crippen molar-refractivity contribution in [3.63, 3.8) is 0 Å². The van der Waals surface area contributed by atoms with Crippen LogP contribution in [0.5, 0.6) is 0 Å².